The molecule has 0 amide bonds. The summed E-state index contributed by atoms with van der Waals surface area (Å²) in [5, 5.41) is 33.1. The number of carboxylic acids is 2. The summed E-state index contributed by atoms with van der Waals surface area (Å²) in [7, 11) is -4.94. The van der Waals surface area contributed by atoms with E-state index in [1.54, 1.807) is 0 Å². The van der Waals surface area contributed by atoms with Crippen molar-refractivity contribution in [2.24, 2.45) is 0 Å². The van der Waals surface area contributed by atoms with Crippen LogP contribution in [0.4, 0.5) is 0 Å². The first-order chi connectivity index (χ1) is 9.66. The van der Waals surface area contributed by atoms with Crippen molar-refractivity contribution in [2.75, 3.05) is 13.2 Å². The number of carboxylic acid groups (broad SMARTS) is 2. The van der Waals surface area contributed by atoms with Crippen molar-refractivity contribution in [1.82, 2.24) is 0 Å². The fourth-order valence-electron chi connectivity index (χ4n) is 1.15. The van der Waals surface area contributed by atoms with E-state index in [9.17, 15) is 18.0 Å². The van der Waals surface area contributed by atoms with Gasteiger partial charge in [0.15, 0.2) is 0 Å². The van der Waals surface area contributed by atoms with Gasteiger partial charge in [-0.1, -0.05) is 0 Å². The molecule has 118 valence electrons. The van der Waals surface area contributed by atoms with Crippen molar-refractivity contribution in [3.8, 4) is 0 Å². The van der Waals surface area contributed by atoms with Crippen LogP contribution >= 0.6 is 0 Å². The molecule has 11 heteroatoms. The molecule has 1 rings (SSSR count). The molecule has 5 N–H and O–H groups in total. The molecule has 0 aliphatic carbocycles. The molecule has 9 nitrogen and oxygen atoms in total. The number of benzene rings is 1. The summed E-state index contributed by atoms with van der Waals surface area (Å²) in [4.78, 5) is 20.2. The zero-order chi connectivity index (χ0) is 16.6. The zero-order valence-electron chi connectivity index (χ0n) is 11.6. The van der Waals surface area contributed by atoms with E-state index in [1.165, 1.54) is 0 Å². The molecule has 0 bridgehead atoms. The molecule has 0 heterocycles. The van der Waals surface area contributed by atoms with Gasteiger partial charge >= 0.3 is 29.6 Å². The Balaban J connectivity index is 0. The first-order valence-corrected chi connectivity index (χ1v) is 6.80. The minimum atomic E-state index is -4.94. The molecule has 0 spiro atoms. The zero-order valence-corrected chi connectivity index (χ0v) is 14.4. The van der Waals surface area contributed by atoms with E-state index in [2.05, 4.69) is 6.07 Å². The van der Waals surface area contributed by atoms with Crippen LogP contribution in [0.1, 0.15) is 27.1 Å². The van der Waals surface area contributed by atoms with Crippen LogP contribution in [0.25, 0.3) is 0 Å². The van der Waals surface area contributed by atoms with Crippen molar-refractivity contribution >= 4 is 22.1 Å². The number of carbonyl (C=O) groups is 2. The van der Waals surface area contributed by atoms with Crippen molar-refractivity contribution < 1.29 is 72.5 Å². The summed E-state index contributed by atoms with van der Waals surface area (Å²) < 4.78 is 30.6. The average molecular weight is 344 g/mol. The molecule has 0 unspecified atom stereocenters. The van der Waals surface area contributed by atoms with Gasteiger partial charge in [0.2, 0.25) is 0 Å². The Labute approximate surface area is 148 Å². The Morgan fingerprint density at radius 2 is 1.36 bits per heavy atom. The number of rotatable bonds is 5. The molecule has 0 fully saturated rings. The first kappa shape index (κ1) is 23.3. The average Bonchev–Trinajstić information content (AvgIpc) is 2.38. The fourth-order valence-corrected chi connectivity index (χ4v) is 2.00. The molecule has 0 saturated carbocycles. The Bertz CT molecular complexity index is 578. The van der Waals surface area contributed by atoms with E-state index in [1.807, 2.05) is 0 Å². The Kier molecular flexibility index (Phi) is 11.3. The van der Waals surface area contributed by atoms with E-state index < -0.39 is 38.1 Å². The number of aliphatic hydroxyl groups excluding tert-OH is 2. The largest absolute Gasteiger partial charge is 1.00 e. The van der Waals surface area contributed by atoms with Crippen LogP contribution in [-0.4, -0.2) is 58.5 Å². The summed E-state index contributed by atoms with van der Waals surface area (Å²) in [6.45, 7) is 0.188. The molecular weight excluding hydrogens is 331 g/mol. The van der Waals surface area contributed by atoms with Crippen LogP contribution in [0.5, 0.6) is 0 Å². The Morgan fingerprint density at radius 3 is 1.55 bits per heavy atom. The van der Waals surface area contributed by atoms with Crippen LogP contribution in [0.2, 0.25) is 0 Å². The molecule has 0 aliphatic rings. The van der Waals surface area contributed by atoms with Gasteiger partial charge < -0.3 is 20.4 Å². The molecule has 1 aromatic carbocycles. The summed E-state index contributed by atoms with van der Waals surface area (Å²) in [6, 6.07) is 3.69. The SMILES string of the molecule is O=C(O)c1c[c-]cc(C(=O)O)c1S(=O)(=O)O.OCCCO.[Na+]. The summed E-state index contributed by atoms with van der Waals surface area (Å²) in [6.07, 6.45) is 0.500. The number of aliphatic hydroxyl groups is 2. The summed E-state index contributed by atoms with van der Waals surface area (Å²) >= 11 is 0. The minimum absolute atomic E-state index is 0. The van der Waals surface area contributed by atoms with Gasteiger partial charge in [-0.15, -0.1) is 0 Å². The van der Waals surface area contributed by atoms with Gasteiger partial charge in [0.1, 0.15) is 0 Å². The predicted molar refractivity (Wildman–Crippen MR) is 67.8 cm³/mol. The molecule has 0 radical (unpaired) electrons. The quantitative estimate of drug-likeness (QED) is 0.206. The number of hydrogen-bond donors (Lipinski definition) is 5. The second-order valence-corrected chi connectivity index (χ2v) is 4.86. The summed E-state index contributed by atoms with van der Waals surface area (Å²) in [5.74, 6) is -3.35. The predicted octanol–water partition coefficient (Wildman–Crippen LogP) is -3.51. The van der Waals surface area contributed by atoms with E-state index in [4.69, 9.17) is 25.0 Å². The van der Waals surface area contributed by atoms with Gasteiger partial charge in [0, 0.05) is 18.1 Å². The molecule has 1 aromatic rings. The van der Waals surface area contributed by atoms with Crippen LogP contribution in [0, 0.1) is 6.07 Å². The Hall–Kier alpha value is -1.01. The van der Waals surface area contributed by atoms with Crippen LogP contribution in [0.15, 0.2) is 17.0 Å². The topological polar surface area (TPSA) is 169 Å². The molecule has 22 heavy (non-hydrogen) atoms. The third-order valence-electron chi connectivity index (χ3n) is 1.98. The van der Waals surface area contributed by atoms with Gasteiger partial charge in [0.05, 0.1) is 0 Å². The van der Waals surface area contributed by atoms with E-state index in [0.717, 1.165) is 12.1 Å². The smallest absolute Gasteiger partial charge is 0.487 e. The van der Waals surface area contributed by atoms with E-state index in [0.29, 0.717) is 6.42 Å². The van der Waals surface area contributed by atoms with Crippen molar-refractivity contribution in [2.45, 2.75) is 11.3 Å². The minimum Gasteiger partial charge on any atom is -0.487 e. The first-order valence-electron chi connectivity index (χ1n) is 5.36. The molecule has 0 saturated heterocycles. The number of hydrogen-bond acceptors (Lipinski definition) is 6. The van der Waals surface area contributed by atoms with E-state index >= 15 is 0 Å². The normalized spacial score (nSPS) is 9.95. The van der Waals surface area contributed by atoms with Crippen molar-refractivity contribution in [1.29, 1.82) is 0 Å². The van der Waals surface area contributed by atoms with Crippen molar-refractivity contribution in [3.05, 3.63) is 29.3 Å². The monoisotopic (exact) mass is 344 g/mol. The second kappa shape index (κ2) is 10.7. The second-order valence-electron chi connectivity index (χ2n) is 3.50. The van der Waals surface area contributed by atoms with Gasteiger partial charge in [0.25, 0.3) is 22.1 Å². The third-order valence-corrected chi connectivity index (χ3v) is 2.94. The fraction of sp³-hybridized carbons (Fsp3) is 0.273. The standard InChI is InChI=1S/C8H5O7S.C3H8O2.Na/c9-7(10)4-2-1-3-5(8(11)12)6(4)16(13,14)15;4-2-1-3-5;/h2-3H,(H,9,10)(H,11,12)(H,13,14,15);4-5H,1-3H2;/q-1;;+1. The molecular formula is C11H13NaO9S. The maximum Gasteiger partial charge on any atom is 1.00 e. The Morgan fingerprint density at radius 1 is 1.00 bits per heavy atom. The van der Waals surface area contributed by atoms with Crippen LogP contribution in [-0.2, 0) is 10.1 Å². The molecule has 0 aliphatic heterocycles. The van der Waals surface area contributed by atoms with Crippen molar-refractivity contribution in [3.63, 3.8) is 0 Å². The van der Waals surface area contributed by atoms with Crippen LogP contribution in [0.3, 0.4) is 0 Å². The summed E-state index contributed by atoms with van der Waals surface area (Å²) in [5.41, 5.74) is -1.69. The van der Waals surface area contributed by atoms with Gasteiger partial charge in [-0.3, -0.25) is 14.1 Å². The van der Waals surface area contributed by atoms with E-state index in [-0.39, 0.29) is 42.8 Å². The van der Waals surface area contributed by atoms with Gasteiger partial charge in [-0.25, -0.2) is 0 Å². The third kappa shape index (κ3) is 7.31. The maximum absolute atomic E-state index is 10.9. The maximum atomic E-state index is 10.9. The van der Waals surface area contributed by atoms with Crippen LogP contribution < -0.4 is 29.6 Å². The van der Waals surface area contributed by atoms with Gasteiger partial charge in [-0.2, -0.15) is 26.6 Å². The molecule has 0 aromatic heterocycles. The molecule has 0 atom stereocenters. The number of aromatic carboxylic acids is 2. The van der Waals surface area contributed by atoms with Gasteiger partial charge in [-0.05, 0) is 17.5 Å².